The van der Waals surface area contributed by atoms with Gasteiger partial charge in [-0.3, -0.25) is 4.79 Å². The van der Waals surface area contributed by atoms with Crippen LogP contribution in [0.15, 0.2) is 11.3 Å². The van der Waals surface area contributed by atoms with E-state index in [1.54, 1.807) is 0 Å². The quantitative estimate of drug-likeness (QED) is 0.583. The number of allylic oxidation sites excluding steroid dienone is 2. The summed E-state index contributed by atoms with van der Waals surface area (Å²) in [6.45, 7) is 7.93. The summed E-state index contributed by atoms with van der Waals surface area (Å²) in [7, 11) is 0. The molecule has 0 fully saturated rings. The molecule has 0 N–H and O–H groups in total. The molecule has 0 aromatic rings. The standard InChI is InChI=1S/C11H18O2/c1-8-10(13-9(2)12)6-5-7-11(8,3)4/h5-7H2,1-4H3. The average Bonchev–Trinajstić information content (AvgIpc) is 1.98. The molecule has 2 nitrogen and oxygen atoms in total. The fraction of sp³-hybridized carbons (Fsp3) is 0.727. The number of ether oxygens (including phenoxy) is 1. The molecule has 2 heteroatoms. The molecule has 1 aliphatic carbocycles. The van der Waals surface area contributed by atoms with Crippen LogP contribution in [0.5, 0.6) is 0 Å². The summed E-state index contributed by atoms with van der Waals surface area (Å²) in [6, 6.07) is 0. The molecule has 0 saturated heterocycles. The zero-order chi connectivity index (χ0) is 10.1. The van der Waals surface area contributed by atoms with Crippen molar-refractivity contribution < 1.29 is 9.53 Å². The highest BCUT2D eigenvalue weighted by Gasteiger charge is 2.28. The van der Waals surface area contributed by atoms with Crippen LogP contribution >= 0.6 is 0 Å². The SMILES string of the molecule is CC(=O)OC1=C(C)C(C)(C)CCC1. The zero-order valence-electron chi connectivity index (χ0n) is 8.94. The van der Waals surface area contributed by atoms with Crippen molar-refractivity contribution in [2.45, 2.75) is 47.0 Å². The van der Waals surface area contributed by atoms with Crippen molar-refractivity contribution in [1.29, 1.82) is 0 Å². The molecule has 0 bridgehead atoms. The molecular weight excluding hydrogens is 164 g/mol. The highest BCUT2D eigenvalue weighted by Crippen LogP contribution is 2.39. The van der Waals surface area contributed by atoms with Gasteiger partial charge in [-0.1, -0.05) is 13.8 Å². The summed E-state index contributed by atoms with van der Waals surface area (Å²) in [5, 5.41) is 0. The third-order valence-electron chi connectivity index (χ3n) is 2.91. The zero-order valence-corrected chi connectivity index (χ0v) is 8.94. The molecule has 0 heterocycles. The number of rotatable bonds is 1. The lowest BCUT2D eigenvalue weighted by Crippen LogP contribution is -2.20. The lowest BCUT2D eigenvalue weighted by atomic mass is 9.76. The molecule has 0 amide bonds. The molecule has 0 atom stereocenters. The molecule has 74 valence electrons. The van der Waals surface area contributed by atoms with E-state index < -0.39 is 0 Å². The van der Waals surface area contributed by atoms with Gasteiger partial charge in [0.2, 0.25) is 0 Å². The molecular formula is C11H18O2. The number of hydrogen-bond donors (Lipinski definition) is 0. The Balaban J connectivity index is 2.86. The molecule has 0 aromatic heterocycles. The number of carbonyl (C=O) groups is 1. The van der Waals surface area contributed by atoms with E-state index in [0.717, 1.165) is 18.6 Å². The first kappa shape index (κ1) is 10.3. The fourth-order valence-electron chi connectivity index (χ4n) is 1.74. The minimum Gasteiger partial charge on any atom is -0.431 e. The van der Waals surface area contributed by atoms with Gasteiger partial charge in [-0.2, -0.15) is 0 Å². The molecule has 0 spiro atoms. The van der Waals surface area contributed by atoms with Gasteiger partial charge in [-0.25, -0.2) is 0 Å². The molecule has 1 aliphatic rings. The minimum atomic E-state index is -0.202. The maximum absolute atomic E-state index is 10.8. The molecule has 13 heavy (non-hydrogen) atoms. The van der Waals surface area contributed by atoms with E-state index in [4.69, 9.17) is 4.74 Å². The Bertz CT molecular complexity index is 249. The van der Waals surface area contributed by atoms with Crippen molar-refractivity contribution in [3.8, 4) is 0 Å². The van der Waals surface area contributed by atoms with E-state index in [1.165, 1.54) is 18.9 Å². The van der Waals surface area contributed by atoms with Gasteiger partial charge in [0.15, 0.2) is 0 Å². The molecule has 1 rings (SSSR count). The Labute approximate surface area is 80.0 Å². The van der Waals surface area contributed by atoms with Gasteiger partial charge in [0.1, 0.15) is 5.76 Å². The van der Waals surface area contributed by atoms with Crippen LogP contribution in [0.4, 0.5) is 0 Å². The van der Waals surface area contributed by atoms with Gasteiger partial charge in [0, 0.05) is 13.3 Å². The summed E-state index contributed by atoms with van der Waals surface area (Å²) in [5.74, 6) is 0.691. The maximum Gasteiger partial charge on any atom is 0.307 e. The van der Waals surface area contributed by atoms with Crippen LogP contribution in [0.1, 0.15) is 47.0 Å². The second kappa shape index (κ2) is 3.52. The van der Waals surface area contributed by atoms with Gasteiger partial charge in [0.05, 0.1) is 0 Å². The van der Waals surface area contributed by atoms with Crippen molar-refractivity contribution in [2.24, 2.45) is 5.41 Å². The Morgan fingerprint density at radius 1 is 1.46 bits per heavy atom. The Morgan fingerprint density at radius 3 is 2.62 bits per heavy atom. The lowest BCUT2D eigenvalue weighted by molar-refractivity contribution is -0.137. The normalized spacial score (nSPS) is 21.5. The van der Waals surface area contributed by atoms with Gasteiger partial charge in [-0.05, 0) is 30.8 Å². The summed E-state index contributed by atoms with van der Waals surface area (Å²) >= 11 is 0. The van der Waals surface area contributed by atoms with Crippen molar-refractivity contribution in [1.82, 2.24) is 0 Å². The van der Waals surface area contributed by atoms with Crippen LogP contribution in [0, 0.1) is 5.41 Å². The van der Waals surface area contributed by atoms with Gasteiger partial charge < -0.3 is 4.74 Å². The monoisotopic (exact) mass is 182 g/mol. The van der Waals surface area contributed by atoms with E-state index in [-0.39, 0.29) is 11.4 Å². The van der Waals surface area contributed by atoms with Crippen LogP contribution in [-0.2, 0) is 9.53 Å². The summed E-state index contributed by atoms with van der Waals surface area (Å²) in [4.78, 5) is 10.8. The second-order valence-corrected chi connectivity index (χ2v) is 4.38. The summed E-state index contributed by atoms with van der Waals surface area (Å²) < 4.78 is 5.18. The fourth-order valence-corrected chi connectivity index (χ4v) is 1.74. The first-order valence-corrected chi connectivity index (χ1v) is 4.82. The highest BCUT2D eigenvalue weighted by molar-refractivity contribution is 5.67. The van der Waals surface area contributed by atoms with Crippen molar-refractivity contribution in [3.05, 3.63) is 11.3 Å². The molecule has 0 aromatic carbocycles. The number of esters is 1. The molecule has 0 radical (unpaired) electrons. The first-order chi connectivity index (χ1) is 5.93. The Hall–Kier alpha value is -0.790. The third-order valence-corrected chi connectivity index (χ3v) is 2.91. The molecule has 0 unspecified atom stereocenters. The van der Waals surface area contributed by atoms with Crippen LogP contribution in [0.2, 0.25) is 0 Å². The summed E-state index contributed by atoms with van der Waals surface area (Å²) in [6.07, 6.45) is 3.21. The van der Waals surface area contributed by atoms with Crippen molar-refractivity contribution >= 4 is 5.97 Å². The van der Waals surface area contributed by atoms with E-state index in [2.05, 4.69) is 20.8 Å². The maximum atomic E-state index is 10.8. The van der Waals surface area contributed by atoms with Gasteiger partial charge in [0.25, 0.3) is 0 Å². The van der Waals surface area contributed by atoms with Crippen LogP contribution in [0.25, 0.3) is 0 Å². The number of hydrogen-bond acceptors (Lipinski definition) is 2. The topological polar surface area (TPSA) is 26.3 Å². The van der Waals surface area contributed by atoms with Crippen LogP contribution < -0.4 is 0 Å². The van der Waals surface area contributed by atoms with Crippen molar-refractivity contribution in [2.75, 3.05) is 0 Å². The highest BCUT2D eigenvalue weighted by atomic mass is 16.5. The second-order valence-electron chi connectivity index (χ2n) is 4.38. The average molecular weight is 182 g/mol. The smallest absolute Gasteiger partial charge is 0.307 e. The van der Waals surface area contributed by atoms with Crippen molar-refractivity contribution in [3.63, 3.8) is 0 Å². The Morgan fingerprint density at radius 2 is 2.08 bits per heavy atom. The molecule has 0 aliphatic heterocycles. The van der Waals surface area contributed by atoms with E-state index >= 15 is 0 Å². The largest absolute Gasteiger partial charge is 0.431 e. The van der Waals surface area contributed by atoms with Crippen LogP contribution in [-0.4, -0.2) is 5.97 Å². The lowest BCUT2D eigenvalue weighted by Gasteiger charge is -2.32. The van der Waals surface area contributed by atoms with Gasteiger partial charge in [-0.15, -0.1) is 0 Å². The minimum absolute atomic E-state index is 0.197. The molecule has 0 saturated carbocycles. The summed E-state index contributed by atoms with van der Waals surface area (Å²) in [5.41, 5.74) is 1.43. The number of carbonyl (C=O) groups excluding carboxylic acids is 1. The van der Waals surface area contributed by atoms with E-state index in [9.17, 15) is 4.79 Å². The predicted molar refractivity (Wildman–Crippen MR) is 52.1 cm³/mol. The van der Waals surface area contributed by atoms with E-state index in [1.807, 2.05) is 0 Å². The predicted octanol–water partition coefficient (Wildman–Crippen LogP) is 3.03. The Kier molecular flexibility index (Phi) is 2.79. The van der Waals surface area contributed by atoms with Crippen LogP contribution in [0.3, 0.4) is 0 Å². The van der Waals surface area contributed by atoms with E-state index in [0.29, 0.717) is 0 Å². The third kappa shape index (κ3) is 2.33. The van der Waals surface area contributed by atoms with Gasteiger partial charge >= 0.3 is 5.97 Å². The first-order valence-electron chi connectivity index (χ1n) is 4.82.